The average molecular weight is 421 g/mol. The average Bonchev–Trinajstić information content (AvgIpc) is 2.95. The van der Waals surface area contributed by atoms with Gasteiger partial charge in [-0.1, -0.05) is 74.0 Å². The van der Waals surface area contributed by atoms with Gasteiger partial charge in [0.1, 0.15) is 6.10 Å². The smallest absolute Gasteiger partial charge is 0.184 e. The topological polar surface area (TPSA) is 27.7 Å². The van der Waals surface area contributed by atoms with E-state index in [-0.39, 0.29) is 24.6 Å². The predicted molar refractivity (Wildman–Crippen MR) is 123 cm³/mol. The summed E-state index contributed by atoms with van der Waals surface area (Å²) in [6.45, 7) is 3.00. The maximum atomic E-state index is 6.65. The van der Waals surface area contributed by atoms with Crippen molar-refractivity contribution in [1.82, 2.24) is 0 Å². The summed E-state index contributed by atoms with van der Waals surface area (Å²) < 4.78 is 19.3. The van der Waals surface area contributed by atoms with E-state index in [1.165, 1.54) is 31.2 Å². The second-order valence-corrected chi connectivity index (χ2v) is 10.1. The molecule has 0 spiro atoms. The Kier molecular flexibility index (Phi) is 6.73. The van der Waals surface area contributed by atoms with E-state index in [9.17, 15) is 0 Å². The number of rotatable bonds is 6. The Labute approximate surface area is 187 Å². The lowest BCUT2D eigenvalue weighted by Crippen LogP contribution is -2.43. The van der Waals surface area contributed by atoms with Crippen LogP contribution in [-0.2, 0) is 20.6 Å². The molecule has 2 aromatic rings. The van der Waals surface area contributed by atoms with Crippen LogP contribution in [0.2, 0.25) is 0 Å². The maximum absolute atomic E-state index is 6.65. The van der Waals surface area contributed by atoms with Crippen molar-refractivity contribution in [3.63, 3.8) is 0 Å². The molecule has 3 heteroatoms. The van der Waals surface area contributed by atoms with Gasteiger partial charge in [-0.3, -0.25) is 0 Å². The van der Waals surface area contributed by atoms with E-state index >= 15 is 0 Å². The van der Waals surface area contributed by atoms with Crippen molar-refractivity contribution in [2.24, 2.45) is 17.8 Å². The largest absolute Gasteiger partial charge is 0.370 e. The molecule has 2 aromatic carbocycles. The van der Waals surface area contributed by atoms with Crippen LogP contribution < -0.4 is 0 Å². The molecule has 0 aromatic heterocycles. The molecule has 3 nitrogen and oxygen atoms in total. The van der Waals surface area contributed by atoms with E-state index in [0.717, 1.165) is 36.7 Å². The van der Waals surface area contributed by atoms with Crippen LogP contribution >= 0.6 is 0 Å². The Hall–Kier alpha value is -1.68. The Balaban J connectivity index is 1.27. The lowest BCUT2D eigenvalue weighted by atomic mass is 9.72. The molecule has 3 fully saturated rings. The summed E-state index contributed by atoms with van der Waals surface area (Å²) in [7, 11) is 0. The molecule has 166 valence electrons. The van der Waals surface area contributed by atoms with Crippen molar-refractivity contribution in [3.05, 3.63) is 71.8 Å². The van der Waals surface area contributed by atoms with Crippen LogP contribution in [0.5, 0.6) is 0 Å². The Morgan fingerprint density at radius 1 is 0.742 bits per heavy atom. The molecule has 0 bridgehead atoms. The van der Waals surface area contributed by atoms with E-state index in [0.29, 0.717) is 12.5 Å². The van der Waals surface area contributed by atoms with Crippen LogP contribution in [0, 0.1) is 17.8 Å². The first kappa shape index (κ1) is 21.2. The molecule has 2 heterocycles. The lowest BCUT2D eigenvalue weighted by Gasteiger charge is -2.37. The molecule has 2 saturated heterocycles. The third kappa shape index (κ3) is 5.39. The first-order chi connectivity index (χ1) is 15.2. The van der Waals surface area contributed by atoms with E-state index in [4.69, 9.17) is 14.2 Å². The summed E-state index contributed by atoms with van der Waals surface area (Å²) in [5.74, 6) is 2.53. The van der Waals surface area contributed by atoms with Gasteiger partial charge in [0.2, 0.25) is 0 Å². The number of hydrogen-bond acceptors (Lipinski definition) is 3. The zero-order valence-electron chi connectivity index (χ0n) is 18.7. The van der Waals surface area contributed by atoms with E-state index in [1.807, 2.05) is 6.07 Å². The van der Waals surface area contributed by atoms with E-state index < -0.39 is 0 Å². The van der Waals surface area contributed by atoms with Gasteiger partial charge >= 0.3 is 0 Å². The molecule has 5 atom stereocenters. The van der Waals surface area contributed by atoms with Crippen LogP contribution in [0.1, 0.15) is 62.9 Å². The highest BCUT2D eigenvalue weighted by Gasteiger charge is 2.40. The summed E-state index contributed by atoms with van der Waals surface area (Å²) in [5.41, 5.74) is 2.46. The molecule has 0 N–H and O–H groups in total. The van der Waals surface area contributed by atoms with Crippen molar-refractivity contribution < 1.29 is 14.2 Å². The fourth-order valence-electron chi connectivity index (χ4n) is 5.81. The third-order valence-corrected chi connectivity index (χ3v) is 7.49. The van der Waals surface area contributed by atoms with Gasteiger partial charge in [0, 0.05) is 5.56 Å². The monoisotopic (exact) mass is 420 g/mol. The van der Waals surface area contributed by atoms with Crippen LogP contribution in [0.4, 0.5) is 0 Å². The fraction of sp³-hybridized carbons (Fsp3) is 0.571. The minimum Gasteiger partial charge on any atom is -0.370 e. The zero-order valence-corrected chi connectivity index (χ0v) is 18.7. The number of benzene rings is 2. The molecule has 31 heavy (non-hydrogen) atoms. The molecule has 3 aliphatic rings. The summed E-state index contributed by atoms with van der Waals surface area (Å²) in [4.78, 5) is 0. The van der Waals surface area contributed by atoms with Crippen molar-refractivity contribution in [2.45, 2.75) is 76.5 Å². The normalized spacial score (nSPS) is 35.6. The van der Waals surface area contributed by atoms with E-state index in [2.05, 4.69) is 61.5 Å². The zero-order chi connectivity index (χ0) is 21.0. The molecule has 0 radical (unpaired) electrons. The van der Waals surface area contributed by atoms with Crippen molar-refractivity contribution in [1.29, 1.82) is 0 Å². The fourth-order valence-corrected chi connectivity index (χ4v) is 5.81. The predicted octanol–water partition coefficient (Wildman–Crippen LogP) is 6.33. The quantitative estimate of drug-likeness (QED) is 0.546. The van der Waals surface area contributed by atoms with Crippen molar-refractivity contribution in [2.75, 3.05) is 6.61 Å². The summed E-state index contributed by atoms with van der Waals surface area (Å²) in [6.07, 6.45) is 8.81. The molecule has 1 saturated carbocycles. The van der Waals surface area contributed by atoms with Crippen LogP contribution in [0.15, 0.2) is 60.7 Å². The molecular weight excluding hydrogens is 384 g/mol. The van der Waals surface area contributed by atoms with Gasteiger partial charge in [0.25, 0.3) is 0 Å². The molecular formula is C28H36O3. The highest BCUT2D eigenvalue weighted by atomic mass is 16.7. The van der Waals surface area contributed by atoms with Gasteiger partial charge in [-0.15, -0.1) is 0 Å². The molecule has 5 unspecified atom stereocenters. The highest BCUT2D eigenvalue weighted by molar-refractivity contribution is 5.17. The van der Waals surface area contributed by atoms with Crippen molar-refractivity contribution in [3.8, 4) is 0 Å². The highest BCUT2D eigenvalue weighted by Crippen LogP contribution is 2.41. The van der Waals surface area contributed by atoms with Crippen LogP contribution in [-0.4, -0.2) is 24.9 Å². The van der Waals surface area contributed by atoms with Crippen LogP contribution in [0.25, 0.3) is 0 Å². The molecule has 1 aliphatic carbocycles. The minimum absolute atomic E-state index is 0.0300. The lowest BCUT2D eigenvalue weighted by molar-refractivity contribution is -0.269. The Morgan fingerprint density at radius 2 is 1.42 bits per heavy atom. The summed E-state index contributed by atoms with van der Waals surface area (Å²) in [5, 5.41) is 0. The first-order valence-electron chi connectivity index (χ1n) is 12.2. The standard InChI is InChI=1S/C28H36O3/c1-20-14-22(15-20)12-13-23-17-25(16-21-8-4-2-5-9-21)30-27-19-29-28(31-26(27)18-23)24-10-6-3-7-11-24/h2-11,20,22-23,25-28H,12-19H2,1H3. The number of hydrogen-bond donors (Lipinski definition) is 0. The Morgan fingerprint density at radius 3 is 2.13 bits per heavy atom. The van der Waals surface area contributed by atoms with E-state index in [1.54, 1.807) is 0 Å². The summed E-state index contributed by atoms with van der Waals surface area (Å²) in [6, 6.07) is 21.1. The number of fused-ring (bicyclic) bond motifs is 1. The van der Waals surface area contributed by atoms with Gasteiger partial charge in [-0.25, -0.2) is 0 Å². The van der Waals surface area contributed by atoms with Gasteiger partial charge in [-0.2, -0.15) is 0 Å². The van der Waals surface area contributed by atoms with Crippen LogP contribution in [0.3, 0.4) is 0 Å². The third-order valence-electron chi connectivity index (χ3n) is 7.49. The molecule has 2 aliphatic heterocycles. The Bertz CT molecular complexity index is 802. The summed E-state index contributed by atoms with van der Waals surface area (Å²) >= 11 is 0. The van der Waals surface area contributed by atoms with Gasteiger partial charge < -0.3 is 14.2 Å². The molecule has 5 rings (SSSR count). The molecule has 0 amide bonds. The number of ether oxygens (including phenoxy) is 3. The minimum atomic E-state index is -0.273. The van der Waals surface area contributed by atoms with Gasteiger partial charge in [-0.05, 0) is 61.8 Å². The SMILES string of the molecule is CC1CC(CCC2CC(Cc3ccccc3)OC3COC(c4ccccc4)OC3C2)C1. The van der Waals surface area contributed by atoms with Gasteiger partial charge in [0.05, 0.1) is 18.8 Å². The second-order valence-electron chi connectivity index (χ2n) is 10.1. The van der Waals surface area contributed by atoms with Crippen molar-refractivity contribution >= 4 is 0 Å². The first-order valence-corrected chi connectivity index (χ1v) is 12.2. The second kappa shape index (κ2) is 9.85. The van der Waals surface area contributed by atoms with Gasteiger partial charge in [0.15, 0.2) is 6.29 Å². The maximum Gasteiger partial charge on any atom is 0.184 e.